The fraction of sp³-hybridized carbons (Fsp3) is 0.364. The van der Waals surface area contributed by atoms with Gasteiger partial charge in [-0.25, -0.2) is 9.78 Å². The van der Waals surface area contributed by atoms with Gasteiger partial charge in [-0.1, -0.05) is 25.5 Å². The van der Waals surface area contributed by atoms with Crippen molar-refractivity contribution in [2.24, 2.45) is 0 Å². The van der Waals surface area contributed by atoms with Crippen LogP contribution in [0, 0.1) is 6.92 Å². The number of hydrogen-bond donors (Lipinski definition) is 1. The monoisotopic (exact) mass is 427 g/mol. The standard InChI is InChI=1S/C22H25N3O4S/c1-4-6-7-15-8-10-16(11-9-15)24-17(26)12-25-13-23-20-18(21(25)27)14(3)19(30-20)22(28)29-5-2/h8-11,13H,4-7,12H2,1-3H3,(H,24,26). The van der Waals surface area contributed by atoms with Crippen molar-refractivity contribution in [1.29, 1.82) is 0 Å². The Morgan fingerprint density at radius 1 is 1.20 bits per heavy atom. The molecule has 0 atom stereocenters. The van der Waals surface area contributed by atoms with E-state index in [0.29, 0.717) is 26.3 Å². The third-order valence-corrected chi connectivity index (χ3v) is 5.93. The van der Waals surface area contributed by atoms with Crippen LogP contribution in [0.15, 0.2) is 35.4 Å². The van der Waals surface area contributed by atoms with Gasteiger partial charge in [0.2, 0.25) is 5.91 Å². The second kappa shape index (κ2) is 9.67. The largest absolute Gasteiger partial charge is 0.462 e. The van der Waals surface area contributed by atoms with E-state index in [2.05, 4.69) is 17.2 Å². The first-order valence-electron chi connectivity index (χ1n) is 9.99. The zero-order valence-electron chi connectivity index (χ0n) is 17.4. The number of aromatic nitrogens is 2. The maximum absolute atomic E-state index is 12.9. The Hall–Kier alpha value is -3.00. The van der Waals surface area contributed by atoms with Crippen molar-refractivity contribution < 1.29 is 14.3 Å². The molecule has 0 bridgehead atoms. The number of hydrogen-bond acceptors (Lipinski definition) is 6. The Kier molecular flexibility index (Phi) is 6.99. The third-order valence-electron chi connectivity index (χ3n) is 4.75. The highest BCUT2D eigenvalue weighted by Gasteiger charge is 2.20. The Morgan fingerprint density at radius 3 is 2.60 bits per heavy atom. The van der Waals surface area contributed by atoms with Crippen LogP contribution in [0.3, 0.4) is 0 Å². The van der Waals surface area contributed by atoms with Crippen LogP contribution < -0.4 is 10.9 Å². The Morgan fingerprint density at radius 2 is 1.93 bits per heavy atom. The fourth-order valence-corrected chi connectivity index (χ4v) is 4.19. The number of carbonyl (C=O) groups excluding carboxylic acids is 2. The van der Waals surface area contributed by atoms with Gasteiger partial charge in [-0.3, -0.25) is 14.2 Å². The zero-order chi connectivity index (χ0) is 21.7. The van der Waals surface area contributed by atoms with Gasteiger partial charge in [-0.15, -0.1) is 11.3 Å². The first-order valence-corrected chi connectivity index (χ1v) is 10.8. The molecule has 158 valence electrons. The molecule has 0 aliphatic heterocycles. The Balaban J connectivity index is 1.76. The number of ether oxygens (including phenoxy) is 1. The van der Waals surface area contributed by atoms with Gasteiger partial charge in [0.25, 0.3) is 5.56 Å². The molecule has 30 heavy (non-hydrogen) atoms. The molecule has 0 fully saturated rings. The number of amides is 1. The zero-order valence-corrected chi connectivity index (χ0v) is 18.2. The van der Waals surface area contributed by atoms with E-state index in [1.54, 1.807) is 13.8 Å². The maximum atomic E-state index is 12.9. The summed E-state index contributed by atoms with van der Waals surface area (Å²) < 4.78 is 6.29. The molecule has 7 nitrogen and oxygen atoms in total. The molecule has 0 aliphatic carbocycles. The fourth-order valence-electron chi connectivity index (χ4n) is 3.15. The summed E-state index contributed by atoms with van der Waals surface area (Å²) in [5.74, 6) is -0.790. The quantitative estimate of drug-likeness (QED) is 0.550. The molecular formula is C22H25N3O4S. The normalized spacial score (nSPS) is 10.9. The highest BCUT2D eigenvalue weighted by Crippen LogP contribution is 2.27. The lowest BCUT2D eigenvalue weighted by Crippen LogP contribution is -2.27. The van der Waals surface area contributed by atoms with Crippen LogP contribution in [0.5, 0.6) is 0 Å². The number of carbonyl (C=O) groups is 2. The van der Waals surface area contributed by atoms with Crippen LogP contribution in [0.1, 0.15) is 47.5 Å². The second-order valence-electron chi connectivity index (χ2n) is 6.98. The first-order chi connectivity index (χ1) is 14.4. The minimum absolute atomic E-state index is 0.163. The van der Waals surface area contributed by atoms with Crippen LogP contribution in [0.25, 0.3) is 10.2 Å². The van der Waals surface area contributed by atoms with Crippen molar-refractivity contribution in [2.75, 3.05) is 11.9 Å². The number of nitrogens with zero attached hydrogens (tertiary/aromatic N) is 2. The topological polar surface area (TPSA) is 90.3 Å². The average molecular weight is 428 g/mol. The Bertz CT molecular complexity index is 1120. The van der Waals surface area contributed by atoms with E-state index >= 15 is 0 Å². The van der Waals surface area contributed by atoms with Gasteiger partial charge in [0, 0.05) is 5.69 Å². The number of rotatable bonds is 8. The van der Waals surface area contributed by atoms with E-state index in [9.17, 15) is 14.4 Å². The number of aryl methyl sites for hydroxylation is 2. The number of benzene rings is 1. The molecule has 0 spiro atoms. The van der Waals surface area contributed by atoms with Gasteiger partial charge in [0.1, 0.15) is 16.3 Å². The van der Waals surface area contributed by atoms with Crippen molar-refractivity contribution >= 4 is 39.1 Å². The lowest BCUT2D eigenvalue weighted by atomic mass is 10.1. The summed E-state index contributed by atoms with van der Waals surface area (Å²) in [6, 6.07) is 7.72. The van der Waals surface area contributed by atoms with Gasteiger partial charge in [0.05, 0.1) is 18.3 Å². The van der Waals surface area contributed by atoms with Crippen LogP contribution >= 0.6 is 11.3 Å². The lowest BCUT2D eigenvalue weighted by molar-refractivity contribution is -0.116. The van der Waals surface area contributed by atoms with Crippen molar-refractivity contribution in [1.82, 2.24) is 9.55 Å². The van der Waals surface area contributed by atoms with Crippen LogP contribution in [-0.4, -0.2) is 28.0 Å². The van der Waals surface area contributed by atoms with E-state index in [-0.39, 0.29) is 24.6 Å². The summed E-state index contributed by atoms with van der Waals surface area (Å²) in [4.78, 5) is 42.5. The molecular weight excluding hydrogens is 402 g/mol. The molecule has 1 amide bonds. The molecule has 1 aromatic carbocycles. The van der Waals surface area contributed by atoms with Crippen molar-refractivity contribution in [2.45, 2.75) is 46.6 Å². The molecule has 1 N–H and O–H groups in total. The van der Waals surface area contributed by atoms with Gasteiger partial charge >= 0.3 is 5.97 Å². The number of fused-ring (bicyclic) bond motifs is 1. The molecule has 0 saturated heterocycles. The number of nitrogens with one attached hydrogen (secondary N) is 1. The van der Waals surface area contributed by atoms with Crippen LogP contribution in [-0.2, 0) is 22.5 Å². The van der Waals surface area contributed by atoms with Crippen LogP contribution in [0.2, 0.25) is 0 Å². The van der Waals surface area contributed by atoms with Gasteiger partial charge in [-0.05, 0) is 49.9 Å². The number of anilines is 1. The maximum Gasteiger partial charge on any atom is 0.348 e. The number of unbranched alkanes of at least 4 members (excludes halogenated alkanes) is 1. The van der Waals surface area contributed by atoms with Crippen molar-refractivity contribution in [3.63, 3.8) is 0 Å². The van der Waals surface area contributed by atoms with Crippen LogP contribution in [0.4, 0.5) is 5.69 Å². The molecule has 0 radical (unpaired) electrons. The molecule has 2 heterocycles. The summed E-state index contributed by atoms with van der Waals surface area (Å²) in [6.45, 7) is 5.66. The predicted octanol–water partition coefficient (Wildman–Crippen LogP) is 3.92. The van der Waals surface area contributed by atoms with E-state index in [4.69, 9.17) is 4.74 Å². The summed E-state index contributed by atoms with van der Waals surface area (Å²) in [7, 11) is 0. The highest BCUT2D eigenvalue weighted by molar-refractivity contribution is 7.20. The van der Waals surface area contributed by atoms with Gasteiger partial charge in [-0.2, -0.15) is 0 Å². The first kappa shape index (κ1) is 21.7. The number of esters is 1. The summed E-state index contributed by atoms with van der Waals surface area (Å²) >= 11 is 1.12. The smallest absolute Gasteiger partial charge is 0.348 e. The summed E-state index contributed by atoms with van der Waals surface area (Å²) in [6.07, 6.45) is 4.61. The van der Waals surface area contributed by atoms with Crippen molar-refractivity contribution in [3.05, 3.63) is 57.0 Å². The number of thiophene rings is 1. The highest BCUT2D eigenvalue weighted by atomic mass is 32.1. The molecule has 3 rings (SSSR count). The van der Waals surface area contributed by atoms with E-state index in [0.717, 1.165) is 30.6 Å². The van der Waals surface area contributed by atoms with E-state index in [1.807, 2.05) is 24.3 Å². The molecule has 8 heteroatoms. The third kappa shape index (κ3) is 4.76. The van der Waals surface area contributed by atoms with E-state index in [1.165, 1.54) is 16.5 Å². The average Bonchev–Trinajstić information content (AvgIpc) is 3.07. The molecule has 3 aromatic rings. The van der Waals surface area contributed by atoms with Gasteiger partial charge in [0.15, 0.2) is 0 Å². The lowest BCUT2D eigenvalue weighted by Gasteiger charge is -2.08. The summed E-state index contributed by atoms with van der Waals surface area (Å²) in [5, 5.41) is 3.15. The van der Waals surface area contributed by atoms with Gasteiger partial charge < -0.3 is 10.1 Å². The molecule has 0 unspecified atom stereocenters. The second-order valence-corrected chi connectivity index (χ2v) is 7.98. The summed E-state index contributed by atoms with van der Waals surface area (Å²) in [5.41, 5.74) is 2.09. The molecule has 0 saturated carbocycles. The molecule has 0 aliphatic rings. The van der Waals surface area contributed by atoms with E-state index < -0.39 is 5.97 Å². The molecule has 2 aromatic heterocycles. The minimum atomic E-state index is -0.468. The van der Waals surface area contributed by atoms with Crippen molar-refractivity contribution in [3.8, 4) is 0 Å². The predicted molar refractivity (Wildman–Crippen MR) is 118 cm³/mol. The minimum Gasteiger partial charge on any atom is -0.462 e. The SMILES string of the molecule is CCCCc1ccc(NC(=O)Cn2cnc3sc(C(=O)OCC)c(C)c3c2=O)cc1. The Labute approximate surface area is 178 Å².